The number of morpholine rings is 1. The first kappa shape index (κ1) is 17.4. The molecule has 0 unspecified atom stereocenters. The molecule has 1 saturated heterocycles. The van der Waals surface area contributed by atoms with Gasteiger partial charge in [0.1, 0.15) is 0 Å². The number of ether oxygens (including phenoxy) is 1. The van der Waals surface area contributed by atoms with E-state index >= 15 is 0 Å². The third-order valence-electron chi connectivity index (χ3n) is 4.20. The summed E-state index contributed by atoms with van der Waals surface area (Å²) < 4.78 is 5.32. The molecular formula is C19H24N4O2. The van der Waals surface area contributed by atoms with Crippen molar-refractivity contribution in [3.05, 3.63) is 47.8 Å². The van der Waals surface area contributed by atoms with Gasteiger partial charge in [-0.3, -0.25) is 4.79 Å². The van der Waals surface area contributed by atoms with Gasteiger partial charge >= 0.3 is 0 Å². The molecule has 0 saturated carbocycles. The number of carbonyl (C=O) groups is 1. The molecule has 25 heavy (non-hydrogen) atoms. The fourth-order valence-electron chi connectivity index (χ4n) is 2.62. The molecule has 2 heterocycles. The molecule has 0 aliphatic carbocycles. The van der Waals surface area contributed by atoms with Gasteiger partial charge in [0.2, 0.25) is 5.95 Å². The second-order valence-electron chi connectivity index (χ2n) is 7.15. The predicted octanol–water partition coefficient (Wildman–Crippen LogP) is 2.86. The van der Waals surface area contributed by atoms with Crippen LogP contribution < -0.4 is 10.2 Å². The Morgan fingerprint density at radius 3 is 2.24 bits per heavy atom. The fraction of sp³-hybridized carbons (Fsp3) is 0.421. The van der Waals surface area contributed by atoms with E-state index in [0.29, 0.717) is 24.7 Å². The Morgan fingerprint density at radius 1 is 1.08 bits per heavy atom. The van der Waals surface area contributed by atoms with Crippen LogP contribution in [0.15, 0.2) is 36.7 Å². The highest BCUT2D eigenvalue weighted by Crippen LogP contribution is 2.23. The van der Waals surface area contributed by atoms with Gasteiger partial charge in [-0.05, 0) is 23.1 Å². The molecule has 3 rings (SSSR count). The number of carbonyl (C=O) groups excluding carboxylic acids is 1. The molecule has 1 fully saturated rings. The average molecular weight is 340 g/mol. The Hall–Kier alpha value is -2.47. The summed E-state index contributed by atoms with van der Waals surface area (Å²) in [7, 11) is 0. The molecule has 2 aromatic rings. The monoisotopic (exact) mass is 340 g/mol. The third-order valence-corrected chi connectivity index (χ3v) is 4.20. The highest BCUT2D eigenvalue weighted by atomic mass is 16.5. The molecule has 0 atom stereocenters. The van der Waals surface area contributed by atoms with Gasteiger partial charge in [0, 0.05) is 31.2 Å². The second-order valence-corrected chi connectivity index (χ2v) is 7.15. The number of nitrogens with one attached hydrogen (secondary N) is 1. The Kier molecular flexibility index (Phi) is 4.99. The first-order valence-corrected chi connectivity index (χ1v) is 8.50. The summed E-state index contributed by atoms with van der Waals surface area (Å²) in [5, 5.41) is 2.88. The largest absolute Gasteiger partial charge is 0.378 e. The molecule has 1 aromatic carbocycles. The highest BCUT2D eigenvalue weighted by molar-refractivity contribution is 6.03. The van der Waals surface area contributed by atoms with Gasteiger partial charge in [-0.1, -0.05) is 32.9 Å². The maximum atomic E-state index is 12.4. The lowest BCUT2D eigenvalue weighted by Crippen LogP contribution is -2.37. The second kappa shape index (κ2) is 7.19. The maximum Gasteiger partial charge on any atom is 0.258 e. The Balaban J connectivity index is 1.64. The third kappa shape index (κ3) is 4.33. The van der Waals surface area contributed by atoms with E-state index in [2.05, 4.69) is 41.0 Å². The molecule has 1 N–H and O–H groups in total. The first-order valence-electron chi connectivity index (χ1n) is 8.50. The lowest BCUT2D eigenvalue weighted by Gasteiger charge is -2.26. The summed E-state index contributed by atoms with van der Waals surface area (Å²) in [5.41, 5.74) is 2.52. The summed E-state index contributed by atoms with van der Waals surface area (Å²) in [6.45, 7) is 9.37. The van der Waals surface area contributed by atoms with Gasteiger partial charge in [0.05, 0.1) is 18.8 Å². The van der Waals surface area contributed by atoms with E-state index in [1.807, 2.05) is 24.3 Å². The molecule has 6 nitrogen and oxygen atoms in total. The summed E-state index contributed by atoms with van der Waals surface area (Å²) in [5.74, 6) is 0.423. The van der Waals surface area contributed by atoms with Crippen molar-refractivity contribution >= 4 is 17.5 Å². The highest BCUT2D eigenvalue weighted by Gasteiger charge is 2.16. The van der Waals surface area contributed by atoms with Crippen LogP contribution in [-0.2, 0) is 10.2 Å². The van der Waals surface area contributed by atoms with Crippen molar-refractivity contribution in [2.45, 2.75) is 26.2 Å². The molecule has 132 valence electrons. The topological polar surface area (TPSA) is 67.4 Å². The SMILES string of the molecule is CC(C)(C)c1ccc(NC(=O)c2cnc(N3CCOCC3)nc2)cc1. The number of aromatic nitrogens is 2. The number of rotatable bonds is 3. The molecule has 1 aliphatic heterocycles. The summed E-state index contributed by atoms with van der Waals surface area (Å²) in [6, 6.07) is 7.91. The van der Waals surface area contributed by atoms with Crippen molar-refractivity contribution in [1.29, 1.82) is 0 Å². The van der Waals surface area contributed by atoms with E-state index in [1.165, 1.54) is 5.56 Å². The van der Waals surface area contributed by atoms with Crippen LogP contribution in [0, 0.1) is 0 Å². The van der Waals surface area contributed by atoms with Gasteiger partial charge in [0.25, 0.3) is 5.91 Å². The molecule has 0 bridgehead atoms. The van der Waals surface area contributed by atoms with Crippen molar-refractivity contribution in [2.24, 2.45) is 0 Å². The van der Waals surface area contributed by atoms with Crippen molar-refractivity contribution in [2.75, 3.05) is 36.5 Å². The zero-order valence-corrected chi connectivity index (χ0v) is 15.0. The lowest BCUT2D eigenvalue weighted by atomic mass is 9.87. The Morgan fingerprint density at radius 2 is 1.68 bits per heavy atom. The van der Waals surface area contributed by atoms with Crippen molar-refractivity contribution in [1.82, 2.24) is 9.97 Å². The number of nitrogens with zero attached hydrogens (tertiary/aromatic N) is 3. The van der Waals surface area contributed by atoms with Crippen LogP contribution in [0.1, 0.15) is 36.7 Å². The minimum absolute atomic E-state index is 0.0890. The van der Waals surface area contributed by atoms with Crippen LogP contribution in [0.5, 0.6) is 0 Å². The Labute approximate surface area is 148 Å². The zero-order chi connectivity index (χ0) is 17.9. The predicted molar refractivity (Wildman–Crippen MR) is 98.2 cm³/mol. The summed E-state index contributed by atoms with van der Waals surface area (Å²) in [6.07, 6.45) is 3.13. The Bertz CT molecular complexity index is 715. The van der Waals surface area contributed by atoms with Gasteiger partial charge in [-0.2, -0.15) is 0 Å². The molecule has 0 radical (unpaired) electrons. The maximum absolute atomic E-state index is 12.4. The van der Waals surface area contributed by atoms with E-state index in [1.54, 1.807) is 12.4 Å². The smallest absolute Gasteiger partial charge is 0.258 e. The van der Waals surface area contributed by atoms with Crippen LogP contribution >= 0.6 is 0 Å². The number of amides is 1. The van der Waals surface area contributed by atoms with Gasteiger partial charge in [-0.15, -0.1) is 0 Å². The van der Waals surface area contributed by atoms with Crippen LogP contribution in [-0.4, -0.2) is 42.2 Å². The molecule has 1 aromatic heterocycles. The van der Waals surface area contributed by atoms with Gasteiger partial charge in [-0.25, -0.2) is 9.97 Å². The molecule has 6 heteroatoms. The van der Waals surface area contributed by atoms with E-state index < -0.39 is 0 Å². The van der Waals surface area contributed by atoms with Crippen LogP contribution in [0.2, 0.25) is 0 Å². The van der Waals surface area contributed by atoms with Crippen LogP contribution in [0.25, 0.3) is 0 Å². The molecule has 1 amide bonds. The molecule has 1 aliphatic rings. The lowest BCUT2D eigenvalue weighted by molar-refractivity contribution is 0.102. The number of anilines is 2. The van der Waals surface area contributed by atoms with Crippen molar-refractivity contribution in [3.63, 3.8) is 0 Å². The fourth-order valence-corrected chi connectivity index (χ4v) is 2.62. The first-order chi connectivity index (χ1) is 11.9. The van der Waals surface area contributed by atoms with E-state index in [9.17, 15) is 4.79 Å². The minimum Gasteiger partial charge on any atom is -0.378 e. The average Bonchev–Trinajstić information content (AvgIpc) is 2.62. The van der Waals surface area contributed by atoms with Gasteiger partial charge in [0.15, 0.2) is 0 Å². The quantitative estimate of drug-likeness (QED) is 0.930. The van der Waals surface area contributed by atoms with Crippen molar-refractivity contribution < 1.29 is 9.53 Å². The minimum atomic E-state index is -0.211. The van der Waals surface area contributed by atoms with Crippen molar-refractivity contribution in [3.8, 4) is 0 Å². The normalized spacial score (nSPS) is 15.1. The van der Waals surface area contributed by atoms with E-state index in [-0.39, 0.29) is 11.3 Å². The summed E-state index contributed by atoms with van der Waals surface area (Å²) >= 11 is 0. The van der Waals surface area contributed by atoms with Crippen LogP contribution in [0.3, 0.4) is 0 Å². The molecular weight excluding hydrogens is 316 g/mol. The van der Waals surface area contributed by atoms with Crippen LogP contribution in [0.4, 0.5) is 11.6 Å². The number of benzene rings is 1. The standard InChI is InChI=1S/C19H24N4O2/c1-19(2,3)15-4-6-16(7-5-15)22-17(24)14-12-20-18(21-13-14)23-8-10-25-11-9-23/h4-7,12-13H,8-11H2,1-3H3,(H,22,24). The zero-order valence-electron chi connectivity index (χ0n) is 15.0. The van der Waals surface area contributed by atoms with E-state index in [0.717, 1.165) is 18.8 Å². The molecule has 0 spiro atoms. The summed E-state index contributed by atoms with van der Waals surface area (Å²) in [4.78, 5) is 23.0. The number of hydrogen-bond donors (Lipinski definition) is 1. The number of hydrogen-bond acceptors (Lipinski definition) is 5. The van der Waals surface area contributed by atoms with E-state index in [4.69, 9.17) is 4.74 Å². The van der Waals surface area contributed by atoms with Gasteiger partial charge < -0.3 is 15.0 Å².